The Bertz CT molecular complexity index is 583. The lowest BCUT2D eigenvalue weighted by Crippen LogP contribution is -2.58. The third-order valence-electron chi connectivity index (χ3n) is 3.47. The number of hydrogen-bond acceptors (Lipinski definition) is 7. The number of aliphatic carboxylic acids is 2. The van der Waals surface area contributed by atoms with Crippen molar-refractivity contribution in [2.24, 2.45) is 11.7 Å². The van der Waals surface area contributed by atoms with Gasteiger partial charge in [0.05, 0.1) is 12.5 Å². The molecule has 7 N–H and O–H groups in total. The Morgan fingerprint density at radius 1 is 0.889 bits per heavy atom. The SMILES string of the molecule is CC(N)C(=O)NC(CS)C(=O)NC(C(=O)NC(CC(=O)O)C(=O)O)C(C)C. The average Bonchev–Trinajstić information content (AvgIpc) is 2.55. The average molecular weight is 406 g/mol. The molecule has 27 heavy (non-hydrogen) atoms. The fourth-order valence-electron chi connectivity index (χ4n) is 1.92. The minimum absolute atomic E-state index is 0.0620. The molecule has 0 aliphatic rings. The van der Waals surface area contributed by atoms with Crippen LogP contribution in [0.4, 0.5) is 0 Å². The standard InChI is InChI=1S/C15H26N4O7S/c1-6(2)11(14(24)17-8(15(25)26)4-10(20)21)19-13(23)9(5-27)18-12(22)7(3)16/h6-9,11,27H,4-5,16H2,1-3H3,(H,17,24)(H,18,22)(H,19,23)(H,20,21)(H,25,26). The Balaban J connectivity index is 5.17. The van der Waals surface area contributed by atoms with Gasteiger partial charge in [0, 0.05) is 5.75 Å². The van der Waals surface area contributed by atoms with E-state index in [1.54, 1.807) is 13.8 Å². The van der Waals surface area contributed by atoms with Crippen LogP contribution in [0.1, 0.15) is 27.2 Å². The van der Waals surface area contributed by atoms with Crippen molar-refractivity contribution in [3.05, 3.63) is 0 Å². The third kappa shape index (κ3) is 8.73. The van der Waals surface area contributed by atoms with Gasteiger partial charge in [-0.3, -0.25) is 19.2 Å². The molecule has 0 aromatic heterocycles. The molecule has 0 aliphatic carbocycles. The summed E-state index contributed by atoms with van der Waals surface area (Å²) in [7, 11) is 0. The maximum absolute atomic E-state index is 12.3. The van der Waals surface area contributed by atoms with Crippen LogP contribution < -0.4 is 21.7 Å². The van der Waals surface area contributed by atoms with Crippen LogP contribution >= 0.6 is 12.6 Å². The van der Waals surface area contributed by atoms with E-state index in [1.807, 2.05) is 0 Å². The molecule has 0 saturated carbocycles. The molecule has 0 bridgehead atoms. The summed E-state index contributed by atoms with van der Waals surface area (Å²) in [6.07, 6.45) is -0.816. The van der Waals surface area contributed by atoms with Gasteiger partial charge in [-0.1, -0.05) is 13.8 Å². The van der Waals surface area contributed by atoms with Gasteiger partial charge in [0.15, 0.2) is 0 Å². The van der Waals surface area contributed by atoms with E-state index in [0.29, 0.717) is 0 Å². The van der Waals surface area contributed by atoms with Crippen molar-refractivity contribution in [1.82, 2.24) is 16.0 Å². The van der Waals surface area contributed by atoms with Gasteiger partial charge in [-0.25, -0.2) is 4.79 Å². The lowest BCUT2D eigenvalue weighted by molar-refractivity contribution is -0.147. The molecule has 0 heterocycles. The van der Waals surface area contributed by atoms with Crippen molar-refractivity contribution in [3.63, 3.8) is 0 Å². The van der Waals surface area contributed by atoms with E-state index in [0.717, 1.165) is 0 Å². The van der Waals surface area contributed by atoms with Gasteiger partial charge in [0.2, 0.25) is 17.7 Å². The minimum atomic E-state index is -1.65. The van der Waals surface area contributed by atoms with Crippen LogP contribution in [-0.2, 0) is 24.0 Å². The highest BCUT2D eigenvalue weighted by Gasteiger charge is 2.31. The van der Waals surface area contributed by atoms with Gasteiger partial charge in [-0.15, -0.1) is 0 Å². The molecule has 0 aliphatic heterocycles. The van der Waals surface area contributed by atoms with E-state index in [1.165, 1.54) is 6.92 Å². The zero-order chi connectivity index (χ0) is 21.3. The van der Waals surface area contributed by atoms with Crippen molar-refractivity contribution in [1.29, 1.82) is 0 Å². The fraction of sp³-hybridized carbons (Fsp3) is 0.667. The number of nitrogens with one attached hydrogen (secondary N) is 3. The predicted molar refractivity (Wildman–Crippen MR) is 98.0 cm³/mol. The number of carbonyl (C=O) groups excluding carboxylic acids is 3. The Hall–Kier alpha value is -2.34. The number of rotatable bonds is 11. The molecule has 0 aromatic carbocycles. The van der Waals surface area contributed by atoms with E-state index in [-0.39, 0.29) is 5.75 Å². The van der Waals surface area contributed by atoms with E-state index < -0.39 is 66.2 Å². The Labute approximate surface area is 161 Å². The summed E-state index contributed by atoms with van der Waals surface area (Å²) in [5.41, 5.74) is 5.42. The number of carboxylic acids is 2. The molecule has 0 spiro atoms. The topological polar surface area (TPSA) is 188 Å². The Morgan fingerprint density at radius 2 is 1.41 bits per heavy atom. The molecule has 0 radical (unpaired) electrons. The largest absolute Gasteiger partial charge is 0.481 e. The van der Waals surface area contributed by atoms with E-state index in [9.17, 15) is 24.0 Å². The monoisotopic (exact) mass is 406 g/mol. The zero-order valence-corrected chi connectivity index (χ0v) is 16.2. The summed E-state index contributed by atoms with van der Waals surface area (Å²) >= 11 is 3.98. The molecule has 0 saturated heterocycles. The second kappa shape index (κ2) is 11.4. The first kappa shape index (κ1) is 24.7. The van der Waals surface area contributed by atoms with Crippen molar-refractivity contribution >= 4 is 42.3 Å². The van der Waals surface area contributed by atoms with Crippen LogP contribution in [0.5, 0.6) is 0 Å². The van der Waals surface area contributed by atoms with Crippen LogP contribution in [0.25, 0.3) is 0 Å². The highest BCUT2D eigenvalue weighted by molar-refractivity contribution is 7.80. The molecule has 4 unspecified atom stereocenters. The normalized spacial score (nSPS) is 15.2. The van der Waals surface area contributed by atoms with Crippen molar-refractivity contribution in [3.8, 4) is 0 Å². The van der Waals surface area contributed by atoms with E-state index in [4.69, 9.17) is 15.9 Å². The summed E-state index contributed by atoms with van der Waals surface area (Å²) in [5, 5.41) is 24.6. The summed E-state index contributed by atoms with van der Waals surface area (Å²) < 4.78 is 0. The Morgan fingerprint density at radius 3 is 1.78 bits per heavy atom. The van der Waals surface area contributed by atoms with Gasteiger partial charge < -0.3 is 31.9 Å². The smallest absolute Gasteiger partial charge is 0.326 e. The predicted octanol–water partition coefficient (Wildman–Crippen LogP) is -2.07. The number of carboxylic acid groups (broad SMARTS) is 2. The van der Waals surface area contributed by atoms with Crippen LogP contribution in [0.15, 0.2) is 0 Å². The van der Waals surface area contributed by atoms with Crippen LogP contribution in [0.2, 0.25) is 0 Å². The van der Waals surface area contributed by atoms with Crippen LogP contribution in [-0.4, -0.2) is 69.8 Å². The van der Waals surface area contributed by atoms with Gasteiger partial charge in [-0.05, 0) is 12.8 Å². The van der Waals surface area contributed by atoms with Gasteiger partial charge in [0.1, 0.15) is 18.1 Å². The number of carbonyl (C=O) groups is 5. The fourth-order valence-corrected chi connectivity index (χ4v) is 2.18. The number of thiol groups is 1. The molecule has 154 valence electrons. The quantitative estimate of drug-likeness (QED) is 0.191. The maximum atomic E-state index is 12.3. The number of amides is 3. The summed E-state index contributed by atoms with van der Waals surface area (Å²) in [4.78, 5) is 58.1. The highest BCUT2D eigenvalue weighted by Crippen LogP contribution is 2.05. The van der Waals surface area contributed by atoms with Gasteiger partial charge in [-0.2, -0.15) is 12.6 Å². The second-order valence-electron chi connectivity index (χ2n) is 6.26. The van der Waals surface area contributed by atoms with Gasteiger partial charge >= 0.3 is 11.9 Å². The highest BCUT2D eigenvalue weighted by atomic mass is 32.1. The molecule has 0 aromatic rings. The molecule has 11 nitrogen and oxygen atoms in total. The number of hydrogen-bond donors (Lipinski definition) is 7. The van der Waals surface area contributed by atoms with Crippen molar-refractivity contribution < 1.29 is 34.2 Å². The third-order valence-corrected chi connectivity index (χ3v) is 3.83. The molecular formula is C15H26N4O7S. The summed E-state index contributed by atoms with van der Waals surface area (Å²) in [5.74, 6) is -5.58. The first-order valence-electron chi connectivity index (χ1n) is 8.12. The molecule has 0 rings (SSSR count). The zero-order valence-electron chi connectivity index (χ0n) is 15.3. The summed E-state index contributed by atoms with van der Waals surface area (Å²) in [6.45, 7) is 4.64. The Kier molecular flexibility index (Phi) is 10.4. The van der Waals surface area contributed by atoms with Crippen LogP contribution in [0.3, 0.4) is 0 Å². The van der Waals surface area contributed by atoms with Gasteiger partial charge in [0.25, 0.3) is 0 Å². The van der Waals surface area contributed by atoms with E-state index >= 15 is 0 Å². The van der Waals surface area contributed by atoms with Crippen molar-refractivity contribution in [2.75, 3.05) is 5.75 Å². The maximum Gasteiger partial charge on any atom is 0.326 e. The molecule has 3 amide bonds. The van der Waals surface area contributed by atoms with Crippen molar-refractivity contribution in [2.45, 2.75) is 51.4 Å². The first-order valence-corrected chi connectivity index (χ1v) is 8.76. The van der Waals surface area contributed by atoms with E-state index in [2.05, 4.69) is 28.6 Å². The second-order valence-corrected chi connectivity index (χ2v) is 6.63. The molecule has 12 heteroatoms. The number of nitrogens with two attached hydrogens (primary N) is 1. The lowest BCUT2D eigenvalue weighted by atomic mass is 10.0. The molecule has 4 atom stereocenters. The molecule has 0 fully saturated rings. The minimum Gasteiger partial charge on any atom is -0.481 e. The van der Waals surface area contributed by atoms with Crippen LogP contribution in [0, 0.1) is 5.92 Å². The first-order chi connectivity index (χ1) is 12.4. The molecular weight excluding hydrogens is 380 g/mol. The lowest BCUT2D eigenvalue weighted by Gasteiger charge is -2.26. The summed E-state index contributed by atoms with van der Waals surface area (Å²) in [6, 6.07) is -4.71.